The van der Waals surface area contributed by atoms with Crippen LogP contribution in [0.5, 0.6) is 0 Å². The summed E-state index contributed by atoms with van der Waals surface area (Å²) in [5.41, 5.74) is 4.71. The lowest BCUT2D eigenvalue weighted by atomic mass is 9.78. The molecule has 2 aromatic heterocycles. The molecule has 2 aromatic carbocycles. The number of aryl methyl sites for hydroxylation is 1. The maximum Gasteiger partial charge on any atom is 0.207 e. The van der Waals surface area contributed by atoms with E-state index in [0.717, 1.165) is 60.7 Å². The number of halogens is 2. The smallest absolute Gasteiger partial charge is 0.207 e. The molecule has 36 heavy (non-hydrogen) atoms. The van der Waals surface area contributed by atoms with E-state index in [-0.39, 0.29) is 11.6 Å². The lowest BCUT2D eigenvalue weighted by Crippen LogP contribution is -2.25. The van der Waals surface area contributed by atoms with E-state index in [1.165, 1.54) is 17.7 Å². The molecule has 0 atom stereocenters. The summed E-state index contributed by atoms with van der Waals surface area (Å²) in [6, 6.07) is 13.6. The van der Waals surface area contributed by atoms with Crippen LogP contribution in [0.3, 0.4) is 0 Å². The second-order valence-electron chi connectivity index (χ2n) is 8.84. The van der Waals surface area contributed by atoms with Gasteiger partial charge in [0, 0.05) is 41.6 Å². The van der Waals surface area contributed by atoms with Crippen molar-refractivity contribution in [1.29, 1.82) is 0 Å². The minimum atomic E-state index is -0.208. The van der Waals surface area contributed by atoms with Crippen LogP contribution in [0.1, 0.15) is 56.6 Å². The molecule has 1 amide bonds. The highest BCUT2D eigenvalue weighted by atomic mass is 19.1. The van der Waals surface area contributed by atoms with Gasteiger partial charge in [-0.3, -0.25) is 9.78 Å². The second-order valence-corrected chi connectivity index (χ2v) is 8.84. The highest BCUT2D eigenvalue weighted by molar-refractivity contribution is 5.82. The standard InChI is InChI=1S/C17H19FN2O.C11H10FN.C2H6/c18-14-5-6-17-16(9-14)15(7-8-20-17)13-3-1-12(2-4-13)10-19-11-21;1-8-6-13-7-10(8)9-4-2-3-5-11(9)12;1-2/h5-9,11-13H,1-4,10H2,(H,19,21);2-7,13H,1H3;1-2H3. The molecule has 190 valence electrons. The Morgan fingerprint density at radius 1 is 1.00 bits per heavy atom. The molecular formula is C30H35F2N3O. The third kappa shape index (κ3) is 6.78. The van der Waals surface area contributed by atoms with Crippen molar-refractivity contribution in [3.63, 3.8) is 0 Å². The van der Waals surface area contributed by atoms with Gasteiger partial charge in [-0.15, -0.1) is 0 Å². The van der Waals surface area contributed by atoms with Gasteiger partial charge in [-0.1, -0.05) is 32.0 Å². The average Bonchev–Trinajstić information content (AvgIpc) is 3.34. The molecule has 5 rings (SSSR count). The van der Waals surface area contributed by atoms with E-state index < -0.39 is 0 Å². The number of benzene rings is 2. The minimum Gasteiger partial charge on any atom is -0.367 e. The zero-order valence-electron chi connectivity index (χ0n) is 21.2. The molecule has 0 spiro atoms. The fraction of sp³-hybridized carbons (Fsp3) is 0.333. The first-order valence-electron chi connectivity index (χ1n) is 12.7. The number of aromatic nitrogens is 2. The van der Waals surface area contributed by atoms with Crippen molar-refractivity contribution in [1.82, 2.24) is 15.3 Å². The lowest BCUT2D eigenvalue weighted by molar-refractivity contribution is -0.109. The van der Waals surface area contributed by atoms with Crippen molar-refractivity contribution in [3.8, 4) is 11.1 Å². The highest BCUT2D eigenvalue weighted by Gasteiger charge is 2.23. The van der Waals surface area contributed by atoms with Gasteiger partial charge in [0.1, 0.15) is 11.6 Å². The van der Waals surface area contributed by atoms with Crippen molar-refractivity contribution in [2.45, 2.75) is 52.4 Å². The van der Waals surface area contributed by atoms with Crippen molar-refractivity contribution in [3.05, 3.63) is 89.9 Å². The number of carbonyl (C=O) groups excluding carboxylic acids is 1. The van der Waals surface area contributed by atoms with Crippen molar-refractivity contribution in [2.24, 2.45) is 5.92 Å². The topological polar surface area (TPSA) is 57.8 Å². The maximum absolute atomic E-state index is 13.5. The summed E-state index contributed by atoms with van der Waals surface area (Å²) >= 11 is 0. The second kappa shape index (κ2) is 13.5. The summed E-state index contributed by atoms with van der Waals surface area (Å²) in [5.74, 6) is 0.645. The highest BCUT2D eigenvalue weighted by Crippen LogP contribution is 2.38. The summed E-state index contributed by atoms with van der Waals surface area (Å²) < 4.78 is 26.8. The SMILES string of the molecule is CC.Cc1c[nH]cc1-c1ccccc1F.O=CNCC1CCC(c2ccnc3ccc(F)cc23)CC1. The number of nitrogens with zero attached hydrogens (tertiary/aromatic N) is 1. The Morgan fingerprint density at radius 2 is 1.75 bits per heavy atom. The molecule has 0 bridgehead atoms. The molecule has 0 unspecified atom stereocenters. The maximum atomic E-state index is 13.5. The van der Waals surface area contributed by atoms with E-state index in [2.05, 4.69) is 15.3 Å². The van der Waals surface area contributed by atoms with Crippen LogP contribution < -0.4 is 5.32 Å². The molecule has 2 heterocycles. The largest absolute Gasteiger partial charge is 0.367 e. The van der Waals surface area contributed by atoms with Crippen molar-refractivity contribution >= 4 is 17.3 Å². The molecule has 1 aliphatic carbocycles. The molecule has 1 saturated carbocycles. The van der Waals surface area contributed by atoms with Crippen LogP contribution in [0.2, 0.25) is 0 Å². The van der Waals surface area contributed by atoms with Gasteiger partial charge >= 0.3 is 0 Å². The summed E-state index contributed by atoms with van der Waals surface area (Å²) in [6.07, 6.45) is 10.6. The molecule has 1 aliphatic rings. The Labute approximate surface area is 212 Å². The van der Waals surface area contributed by atoms with E-state index in [4.69, 9.17) is 0 Å². The van der Waals surface area contributed by atoms with Crippen LogP contribution >= 0.6 is 0 Å². The Bertz CT molecular complexity index is 1250. The van der Waals surface area contributed by atoms with Crippen LogP contribution in [-0.4, -0.2) is 22.9 Å². The average molecular weight is 492 g/mol. The minimum absolute atomic E-state index is 0.176. The Morgan fingerprint density at radius 3 is 2.42 bits per heavy atom. The first-order chi connectivity index (χ1) is 17.6. The molecular weight excluding hydrogens is 456 g/mol. The van der Waals surface area contributed by atoms with Gasteiger partial charge in [0.05, 0.1) is 5.52 Å². The molecule has 6 heteroatoms. The number of H-pyrrole nitrogens is 1. The van der Waals surface area contributed by atoms with Crippen LogP contribution in [0.4, 0.5) is 8.78 Å². The predicted molar refractivity (Wildman–Crippen MR) is 143 cm³/mol. The summed E-state index contributed by atoms with van der Waals surface area (Å²) in [5, 5.41) is 3.71. The predicted octanol–water partition coefficient (Wildman–Crippen LogP) is 7.55. The first kappa shape index (κ1) is 27.1. The number of aromatic amines is 1. The number of nitrogens with one attached hydrogen (secondary N) is 2. The Balaban J connectivity index is 0.000000206. The van der Waals surface area contributed by atoms with Gasteiger partial charge in [0.2, 0.25) is 6.41 Å². The molecule has 4 aromatic rings. The van der Waals surface area contributed by atoms with Gasteiger partial charge in [-0.2, -0.15) is 0 Å². The number of pyridine rings is 1. The quantitative estimate of drug-likeness (QED) is 0.283. The monoisotopic (exact) mass is 491 g/mol. The van der Waals surface area contributed by atoms with Crippen LogP contribution in [-0.2, 0) is 4.79 Å². The fourth-order valence-corrected chi connectivity index (χ4v) is 4.80. The van der Waals surface area contributed by atoms with Crippen LogP contribution in [0.15, 0.2) is 67.1 Å². The van der Waals surface area contributed by atoms with Gasteiger partial charge in [0.25, 0.3) is 0 Å². The fourth-order valence-electron chi connectivity index (χ4n) is 4.80. The van der Waals surface area contributed by atoms with E-state index >= 15 is 0 Å². The molecule has 2 N–H and O–H groups in total. The summed E-state index contributed by atoms with van der Waals surface area (Å²) in [7, 11) is 0. The lowest BCUT2D eigenvalue weighted by Gasteiger charge is -2.29. The van der Waals surface area contributed by atoms with E-state index in [1.54, 1.807) is 24.3 Å². The number of hydrogen-bond acceptors (Lipinski definition) is 2. The van der Waals surface area contributed by atoms with E-state index in [9.17, 15) is 13.6 Å². The third-order valence-electron chi connectivity index (χ3n) is 6.63. The zero-order valence-corrected chi connectivity index (χ0v) is 21.2. The zero-order chi connectivity index (χ0) is 25.9. The molecule has 0 radical (unpaired) electrons. The number of rotatable bonds is 5. The van der Waals surface area contributed by atoms with Crippen molar-refractivity contribution < 1.29 is 13.6 Å². The molecule has 0 saturated heterocycles. The number of amides is 1. The summed E-state index contributed by atoms with van der Waals surface area (Å²) in [4.78, 5) is 17.6. The Hall–Kier alpha value is -3.54. The van der Waals surface area contributed by atoms with E-state index in [1.807, 2.05) is 51.5 Å². The van der Waals surface area contributed by atoms with Gasteiger partial charge in [0.15, 0.2) is 0 Å². The van der Waals surface area contributed by atoms with Gasteiger partial charge < -0.3 is 10.3 Å². The molecule has 0 aliphatic heterocycles. The molecule has 4 nitrogen and oxygen atoms in total. The Kier molecular flexibility index (Phi) is 10.2. The normalized spacial score (nSPS) is 16.8. The number of hydrogen-bond donors (Lipinski definition) is 2. The first-order valence-corrected chi connectivity index (χ1v) is 12.7. The number of carbonyl (C=O) groups is 1. The van der Waals surface area contributed by atoms with Crippen molar-refractivity contribution in [2.75, 3.05) is 6.54 Å². The summed E-state index contributed by atoms with van der Waals surface area (Å²) in [6.45, 7) is 6.72. The van der Waals surface area contributed by atoms with Gasteiger partial charge in [-0.25, -0.2) is 8.78 Å². The third-order valence-corrected chi connectivity index (χ3v) is 6.63. The van der Waals surface area contributed by atoms with E-state index in [0.29, 0.717) is 17.4 Å². The van der Waals surface area contributed by atoms with Crippen LogP contribution in [0.25, 0.3) is 22.0 Å². The van der Waals surface area contributed by atoms with Gasteiger partial charge in [-0.05, 0) is 85.9 Å². The molecule has 1 fully saturated rings. The van der Waals surface area contributed by atoms with Crippen LogP contribution in [0, 0.1) is 24.5 Å². The number of fused-ring (bicyclic) bond motifs is 1.